The fraction of sp³-hybridized carbons (Fsp3) is 0.273. The van der Waals surface area contributed by atoms with Crippen molar-refractivity contribution < 1.29 is 13.2 Å². The molecule has 1 atom stereocenters. The second-order valence-corrected chi connectivity index (χ2v) is 3.35. The Labute approximate surface area is 86.4 Å². The molecule has 0 aliphatic carbocycles. The Kier molecular flexibility index (Phi) is 3.91. The summed E-state index contributed by atoms with van der Waals surface area (Å²) in [6, 6.07) is 1.04. The summed E-state index contributed by atoms with van der Waals surface area (Å²) in [6.45, 7) is 3.49. The Hall–Kier alpha value is -1.29. The van der Waals surface area contributed by atoms with Crippen LogP contribution in [0.2, 0.25) is 0 Å². The van der Waals surface area contributed by atoms with E-state index in [-0.39, 0.29) is 18.0 Å². The predicted octanol–water partition coefficient (Wildman–Crippen LogP) is 2.55. The maximum absolute atomic E-state index is 13.1. The molecule has 1 nitrogen and oxygen atoms in total. The Morgan fingerprint density at radius 2 is 1.80 bits per heavy atom. The third kappa shape index (κ3) is 3.09. The van der Waals surface area contributed by atoms with E-state index < -0.39 is 17.5 Å². The number of hydrogen-bond donors (Lipinski definition) is 1. The molecule has 0 aliphatic heterocycles. The Bertz CT molecular complexity index is 363. The molecular weight excluding hydrogens is 203 g/mol. The minimum absolute atomic E-state index is 0.0863. The molecule has 15 heavy (non-hydrogen) atoms. The van der Waals surface area contributed by atoms with Gasteiger partial charge < -0.3 is 5.73 Å². The van der Waals surface area contributed by atoms with Crippen LogP contribution in [-0.2, 0) is 6.42 Å². The normalized spacial score (nSPS) is 12.5. The number of halogens is 3. The van der Waals surface area contributed by atoms with Gasteiger partial charge in [0.1, 0.15) is 5.82 Å². The maximum atomic E-state index is 13.1. The highest BCUT2D eigenvalue weighted by Crippen LogP contribution is 2.15. The van der Waals surface area contributed by atoms with E-state index in [0.29, 0.717) is 12.5 Å². The molecule has 1 rings (SSSR count). The average Bonchev–Trinajstić information content (AvgIpc) is 2.14. The second kappa shape index (κ2) is 4.98. The monoisotopic (exact) mass is 215 g/mol. The van der Waals surface area contributed by atoms with Gasteiger partial charge in [-0.05, 0) is 24.5 Å². The van der Waals surface area contributed by atoms with Gasteiger partial charge >= 0.3 is 0 Å². The zero-order valence-electron chi connectivity index (χ0n) is 8.14. The highest BCUT2D eigenvalue weighted by molar-refractivity contribution is 5.21. The minimum atomic E-state index is -1.19. The van der Waals surface area contributed by atoms with Crippen molar-refractivity contribution in [1.29, 1.82) is 0 Å². The van der Waals surface area contributed by atoms with Gasteiger partial charge in [-0.3, -0.25) is 0 Å². The first-order chi connectivity index (χ1) is 7.04. The topological polar surface area (TPSA) is 26.0 Å². The summed E-state index contributed by atoms with van der Waals surface area (Å²) in [6.07, 6.45) is 2.26. The van der Waals surface area contributed by atoms with Gasteiger partial charge in [-0.25, -0.2) is 13.2 Å². The molecule has 0 heterocycles. The van der Waals surface area contributed by atoms with E-state index >= 15 is 0 Å². The maximum Gasteiger partial charge on any atom is 0.161 e. The van der Waals surface area contributed by atoms with Crippen LogP contribution in [0, 0.1) is 17.5 Å². The summed E-state index contributed by atoms with van der Waals surface area (Å²) in [5, 5.41) is 0. The van der Waals surface area contributed by atoms with Crippen LogP contribution in [0.3, 0.4) is 0 Å². The summed E-state index contributed by atoms with van der Waals surface area (Å²) in [5.74, 6) is -3.01. The highest BCUT2D eigenvalue weighted by Gasteiger charge is 2.12. The molecule has 0 bridgehead atoms. The van der Waals surface area contributed by atoms with Crippen LogP contribution in [-0.4, -0.2) is 6.04 Å². The summed E-state index contributed by atoms with van der Waals surface area (Å²) < 4.78 is 38.5. The van der Waals surface area contributed by atoms with Gasteiger partial charge in [-0.1, -0.05) is 6.08 Å². The lowest BCUT2D eigenvalue weighted by Gasteiger charge is -2.10. The van der Waals surface area contributed by atoms with Crippen molar-refractivity contribution in [1.82, 2.24) is 0 Å². The lowest BCUT2D eigenvalue weighted by atomic mass is 10.0. The average molecular weight is 215 g/mol. The Morgan fingerprint density at radius 3 is 2.40 bits per heavy atom. The van der Waals surface area contributed by atoms with Gasteiger partial charge in [-0.2, -0.15) is 0 Å². The van der Waals surface area contributed by atoms with Crippen LogP contribution in [0.1, 0.15) is 12.0 Å². The molecule has 1 aromatic rings. The van der Waals surface area contributed by atoms with E-state index in [1.807, 2.05) is 0 Å². The molecule has 0 saturated carbocycles. The fourth-order valence-electron chi connectivity index (χ4n) is 1.30. The number of nitrogens with two attached hydrogens (primary N) is 1. The summed E-state index contributed by atoms with van der Waals surface area (Å²) >= 11 is 0. The van der Waals surface area contributed by atoms with Crippen LogP contribution < -0.4 is 5.73 Å². The Morgan fingerprint density at radius 1 is 1.20 bits per heavy atom. The van der Waals surface area contributed by atoms with Gasteiger partial charge in [-0.15, -0.1) is 6.58 Å². The van der Waals surface area contributed by atoms with Gasteiger partial charge in [0, 0.05) is 12.1 Å². The zero-order valence-corrected chi connectivity index (χ0v) is 8.14. The van der Waals surface area contributed by atoms with Crippen molar-refractivity contribution in [2.45, 2.75) is 18.9 Å². The first kappa shape index (κ1) is 11.8. The molecule has 2 N–H and O–H groups in total. The Balaban J connectivity index is 2.85. The van der Waals surface area contributed by atoms with E-state index in [1.54, 1.807) is 6.08 Å². The van der Waals surface area contributed by atoms with Crippen LogP contribution >= 0.6 is 0 Å². The molecule has 0 amide bonds. The van der Waals surface area contributed by atoms with Crippen molar-refractivity contribution in [3.8, 4) is 0 Å². The van der Waals surface area contributed by atoms with E-state index in [2.05, 4.69) is 6.58 Å². The number of hydrogen-bond acceptors (Lipinski definition) is 1. The third-order valence-electron chi connectivity index (χ3n) is 2.04. The van der Waals surface area contributed by atoms with Gasteiger partial charge in [0.2, 0.25) is 0 Å². The van der Waals surface area contributed by atoms with Crippen molar-refractivity contribution in [3.63, 3.8) is 0 Å². The summed E-state index contributed by atoms with van der Waals surface area (Å²) in [4.78, 5) is 0. The van der Waals surface area contributed by atoms with Crippen LogP contribution in [0.15, 0.2) is 24.8 Å². The molecule has 82 valence electrons. The van der Waals surface area contributed by atoms with E-state index in [9.17, 15) is 13.2 Å². The molecule has 0 aliphatic rings. The SMILES string of the molecule is C=CC[C@@H](N)Cc1cc(F)c(F)cc1F. The van der Waals surface area contributed by atoms with E-state index in [1.165, 1.54) is 0 Å². The molecule has 1 aromatic carbocycles. The molecule has 4 heteroatoms. The largest absolute Gasteiger partial charge is 0.327 e. The smallest absolute Gasteiger partial charge is 0.161 e. The number of rotatable bonds is 4. The minimum Gasteiger partial charge on any atom is -0.327 e. The highest BCUT2D eigenvalue weighted by atomic mass is 19.2. The molecular formula is C11H12F3N. The number of benzene rings is 1. The van der Waals surface area contributed by atoms with Crippen molar-refractivity contribution >= 4 is 0 Å². The van der Waals surface area contributed by atoms with Gasteiger partial charge in [0.15, 0.2) is 11.6 Å². The zero-order chi connectivity index (χ0) is 11.4. The van der Waals surface area contributed by atoms with Crippen LogP contribution in [0.5, 0.6) is 0 Å². The summed E-state index contributed by atoms with van der Waals surface area (Å²) in [7, 11) is 0. The fourth-order valence-corrected chi connectivity index (χ4v) is 1.30. The molecule has 0 aromatic heterocycles. The lowest BCUT2D eigenvalue weighted by Crippen LogP contribution is -2.22. The molecule has 0 spiro atoms. The lowest BCUT2D eigenvalue weighted by molar-refractivity contribution is 0.487. The summed E-state index contributed by atoms with van der Waals surface area (Å²) in [5.41, 5.74) is 5.71. The van der Waals surface area contributed by atoms with Crippen LogP contribution in [0.25, 0.3) is 0 Å². The second-order valence-electron chi connectivity index (χ2n) is 3.35. The van der Waals surface area contributed by atoms with Gasteiger partial charge in [0.05, 0.1) is 0 Å². The van der Waals surface area contributed by atoms with E-state index in [4.69, 9.17) is 5.73 Å². The molecule has 0 fully saturated rings. The van der Waals surface area contributed by atoms with Gasteiger partial charge in [0.25, 0.3) is 0 Å². The van der Waals surface area contributed by atoms with Crippen molar-refractivity contribution in [2.24, 2.45) is 5.73 Å². The van der Waals surface area contributed by atoms with Crippen molar-refractivity contribution in [3.05, 3.63) is 47.8 Å². The quantitative estimate of drug-likeness (QED) is 0.606. The standard InChI is InChI=1S/C11H12F3N/c1-2-3-8(15)4-7-5-10(13)11(14)6-9(7)12/h2,5-6,8H,1,3-4,15H2/t8-/m1/s1. The first-order valence-electron chi connectivity index (χ1n) is 4.54. The third-order valence-corrected chi connectivity index (χ3v) is 2.04. The molecule has 0 saturated heterocycles. The molecule has 0 radical (unpaired) electrons. The van der Waals surface area contributed by atoms with E-state index in [0.717, 1.165) is 6.07 Å². The molecule has 0 unspecified atom stereocenters. The van der Waals surface area contributed by atoms with Crippen molar-refractivity contribution in [2.75, 3.05) is 0 Å². The first-order valence-corrected chi connectivity index (χ1v) is 4.54. The predicted molar refractivity (Wildman–Crippen MR) is 52.8 cm³/mol. The van der Waals surface area contributed by atoms with Crippen LogP contribution in [0.4, 0.5) is 13.2 Å².